The van der Waals surface area contributed by atoms with Gasteiger partial charge in [0, 0.05) is 38.0 Å². The third-order valence-electron chi connectivity index (χ3n) is 6.27. The second-order valence-corrected chi connectivity index (χ2v) is 7.95. The molecule has 1 aromatic carbocycles. The molecule has 1 amide bonds. The molecule has 0 spiro atoms. The van der Waals surface area contributed by atoms with Crippen molar-refractivity contribution >= 4 is 5.91 Å². The summed E-state index contributed by atoms with van der Waals surface area (Å²) in [6.45, 7) is 5.25. The second-order valence-electron chi connectivity index (χ2n) is 7.95. The highest BCUT2D eigenvalue weighted by Gasteiger charge is 2.54. The number of likely N-dealkylation sites (N-methyl/N-ethyl adjacent to an activating group) is 1. The van der Waals surface area contributed by atoms with Crippen LogP contribution in [-0.2, 0) is 13.0 Å². The molecule has 2 N–H and O–H groups in total. The standard InChI is InChI=1S/C18H24FN3O2/c1-22-5-3-12(6-15(22)11-22)9-21-4-2-16-14(10-21)7-13(8-17(16)19)18(23)20-24/h7-8,12,15H,2-6,9-11H2,1H3,(H-,20,23,24)/p+1/t12?,15-,22?/m0/s1. The van der Waals surface area contributed by atoms with E-state index >= 15 is 0 Å². The first kappa shape index (κ1) is 16.0. The molecule has 3 aliphatic rings. The summed E-state index contributed by atoms with van der Waals surface area (Å²) < 4.78 is 15.5. The molecule has 130 valence electrons. The maximum atomic E-state index is 14.2. The van der Waals surface area contributed by atoms with Crippen molar-refractivity contribution in [2.75, 3.05) is 33.2 Å². The van der Waals surface area contributed by atoms with Gasteiger partial charge in [0.15, 0.2) is 0 Å². The predicted molar refractivity (Wildman–Crippen MR) is 87.1 cm³/mol. The van der Waals surface area contributed by atoms with E-state index in [0.29, 0.717) is 13.0 Å². The number of rotatable bonds is 3. The lowest BCUT2D eigenvalue weighted by Gasteiger charge is -2.34. The van der Waals surface area contributed by atoms with Crippen LogP contribution in [0.25, 0.3) is 0 Å². The first-order valence-electron chi connectivity index (χ1n) is 8.81. The third kappa shape index (κ3) is 2.83. The Morgan fingerprint density at radius 2 is 2.33 bits per heavy atom. The number of hydroxylamine groups is 1. The fourth-order valence-corrected chi connectivity index (χ4v) is 4.60. The minimum absolute atomic E-state index is 0.180. The lowest BCUT2D eigenvalue weighted by atomic mass is 9.92. The summed E-state index contributed by atoms with van der Waals surface area (Å²) in [5, 5.41) is 8.77. The van der Waals surface area contributed by atoms with Crippen LogP contribution in [0, 0.1) is 11.7 Å². The van der Waals surface area contributed by atoms with Gasteiger partial charge in [0.25, 0.3) is 5.91 Å². The van der Waals surface area contributed by atoms with E-state index in [2.05, 4.69) is 11.9 Å². The van der Waals surface area contributed by atoms with Gasteiger partial charge in [-0.25, -0.2) is 9.87 Å². The van der Waals surface area contributed by atoms with E-state index < -0.39 is 5.91 Å². The average Bonchev–Trinajstić information content (AvgIpc) is 3.24. The number of hydrogen-bond acceptors (Lipinski definition) is 3. The SMILES string of the molecule is C[N+]12CCC(CN3CCc4c(F)cc(C(=O)NO)cc4C3)C[C@H]1C2. The zero-order valence-corrected chi connectivity index (χ0v) is 14.1. The van der Waals surface area contributed by atoms with Crippen molar-refractivity contribution < 1.29 is 18.9 Å². The lowest BCUT2D eigenvalue weighted by molar-refractivity contribution is -0.798. The molecule has 2 saturated heterocycles. The van der Waals surface area contributed by atoms with Gasteiger partial charge < -0.3 is 4.48 Å². The number of nitrogens with zero attached hydrogens (tertiary/aromatic N) is 2. The van der Waals surface area contributed by atoms with E-state index in [1.807, 2.05) is 0 Å². The fraction of sp³-hybridized carbons (Fsp3) is 0.611. The topological polar surface area (TPSA) is 52.6 Å². The lowest BCUT2D eigenvalue weighted by Crippen LogP contribution is -2.40. The van der Waals surface area contributed by atoms with Crippen LogP contribution >= 0.6 is 0 Å². The van der Waals surface area contributed by atoms with Crippen LogP contribution in [0.3, 0.4) is 0 Å². The Hall–Kier alpha value is -1.50. The van der Waals surface area contributed by atoms with Crippen molar-refractivity contribution in [2.45, 2.75) is 31.8 Å². The molecule has 0 bridgehead atoms. The van der Waals surface area contributed by atoms with Crippen molar-refractivity contribution in [3.05, 3.63) is 34.6 Å². The van der Waals surface area contributed by atoms with E-state index in [1.165, 1.54) is 36.5 Å². The van der Waals surface area contributed by atoms with Gasteiger partial charge in [-0.1, -0.05) is 0 Å². The molecule has 5 nitrogen and oxygen atoms in total. The maximum Gasteiger partial charge on any atom is 0.274 e. The van der Waals surface area contributed by atoms with E-state index in [1.54, 1.807) is 11.5 Å². The average molecular weight is 334 g/mol. The van der Waals surface area contributed by atoms with Gasteiger partial charge in [-0.15, -0.1) is 0 Å². The largest absolute Gasteiger partial charge is 0.314 e. The molecule has 0 radical (unpaired) electrons. The number of halogens is 1. The summed E-state index contributed by atoms with van der Waals surface area (Å²) in [6, 6.07) is 3.79. The monoisotopic (exact) mass is 334 g/mol. The van der Waals surface area contributed by atoms with Crippen LogP contribution in [0.1, 0.15) is 34.3 Å². The van der Waals surface area contributed by atoms with Crippen molar-refractivity contribution in [1.29, 1.82) is 0 Å². The first-order valence-corrected chi connectivity index (χ1v) is 8.81. The summed E-state index contributed by atoms with van der Waals surface area (Å²) in [4.78, 5) is 14.0. The molecule has 2 unspecified atom stereocenters. The first-order chi connectivity index (χ1) is 11.5. The number of benzene rings is 1. The van der Waals surface area contributed by atoms with Crippen LogP contribution in [-0.4, -0.2) is 59.8 Å². The summed E-state index contributed by atoms with van der Waals surface area (Å²) in [6.07, 6.45) is 3.27. The quantitative estimate of drug-likeness (QED) is 0.382. The molecular weight excluding hydrogens is 309 g/mol. The number of nitrogens with one attached hydrogen (secondary N) is 1. The predicted octanol–water partition coefficient (Wildman–Crippen LogP) is 1.54. The molecule has 3 aliphatic heterocycles. The van der Waals surface area contributed by atoms with Gasteiger partial charge in [-0.3, -0.25) is 14.9 Å². The Labute approximate surface area is 141 Å². The molecular formula is C18H25FN3O2+. The molecule has 3 atom stereocenters. The van der Waals surface area contributed by atoms with Crippen LogP contribution in [0.5, 0.6) is 0 Å². The highest BCUT2D eigenvalue weighted by Crippen LogP contribution is 2.40. The Kier molecular flexibility index (Phi) is 3.86. The summed E-state index contributed by atoms with van der Waals surface area (Å²) in [7, 11) is 2.36. The van der Waals surface area contributed by atoms with E-state index in [0.717, 1.165) is 36.2 Å². The second kappa shape index (κ2) is 5.79. The van der Waals surface area contributed by atoms with Crippen LogP contribution < -0.4 is 5.48 Å². The van der Waals surface area contributed by atoms with Crippen LogP contribution in [0.2, 0.25) is 0 Å². The molecule has 2 fully saturated rings. The zero-order chi connectivity index (χ0) is 16.9. The third-order valence-corrected chi connectivity index (χ3v) is 6.27. The van der Waals surface area contributed by atoms with E-state index in [9.17, 15) is 9.18 Å². The maximum absolute atomic E-state index is 14.2. The van der Waals surface area contributed by atoms with Crippen molar-refractivity contribution in [2.24, 2.45) is 5.92 Å². The molecule has 24 heavy (non-hydrogen) atoms. The number of amides is 1. The van der Waals surface area contributed by atoms with E-state index in [4.69, 9.17) is 5.21 Å². The summed E-state index contributed by atoms with van der Waals surface area (Å²) in [5.41, 5.74) is 3.36. The summed E-state index contributed by atoms with van der Waals surface area (Å²) >= 11 is 0. The smallest absolute Gasteiger partial charge is 0.274 e. The molecule has 1 aromatic rings. The normalized spacial score (nSPS) is 32.0. The number of carbonyl (C=O) groups is 1. The Morgan fingerprint density at radius 1 is 1.50 bits per heavy atom. The van der Waals surface area contributed by atoms with Gasteiger partial charge in [0.05, 0.1) is 13.6 Å². The van der Waals surface area contributed by atoms with Gasteiger partial charge in [0.2, 0.25) is 0 Å². The van der Waals surface area contributed by atoms with Gasteiger partial charge in [-0.05, 0) is 35.6 Å². The highest BCUT2D eigenvalue weighted by molar-refractivity contribution is 5.93. The van der Waals surface area contributed by atoms with Gasteiger partial charge in [-0.2, -0.15) is 0 Å². The van der Waals surface area contributed by atoms with Crippen LogP contribution in [0.4, 0.5) is 4.39 Å². The Balaban J connectivity index is 1.45. The Bertz CT molecular complexity index is 680. The molecule has 0 aliphatic carbocycles. The number of carbonyl (C=O) groups excluding carboxylic acids is 1. The van der Waals surface area contributed by atoms with Crippen molar-refractivity contribution in [1.82, 2.24) is 10.4 Å². The van der Waals surface area contributed by atoms with Crippen molar-refractivity contribution in [3.63, 3.8) is 0 Å². The number of fused-ring (bicyclic) bond motifs is 2. The van der Waals surface area contributed by atoms with Crippen LogP contribution in [0.15, 0.2) is 12.1 Å². The minimum Gasteiger partial charge on any atom is -0.314 e. The minimum atomic E-state index is -0.660. The highest BCUT2D eigenvalue weighted by atomic mass is 19.1. The zero-order valence-electron chi connectivity index (χ0n) is 14.1. The molecule has 4 rings (SSSR count). The fourth-order valence-electron chi connectivity index (χ4n) is 4.60. The Morgan fingerprint density at radius 3 is 3.08 bits per heavy atom. The number of piperidine rings is 1. The van der Waals surface area contributed by atoms with E-state index in [-0.39, 0.29) is 11.4 Å². The number of quaternary nitrogens is 1. The molecule has 0 aromatic heterocycles. The van der Waals surface area contributed by atoms with Crippen molar-refractivity contribution in [3.8, 4) is 0 Å². The van der Waals surface area contributed by atoms with Gasteiger partial charge >= 0.3 is 0 Å². The number of hydrogen-bond donors (Lipinski definition) is 2. The molecule has 3 heterocycles. The molecule has 6 heteroatoms. The molecule has 0 saturated carbocycles. The summed E-state index contributed by atoms with van der Waals surface area (Å²) in [5.74, 6) is -0.264. The van der Waals surface area contributed by atoms with Gasteiger partial charge in [0.1, 0.15) is 18.4 Å².